The van der Waals surface area contributed by atoms with E-state index in [0.29, 0.717) is 5.54 Å². The van der Waals surface area contributed by atoms with Crippen molar-refractivity contribution in [2.45, 2.75) is 63.8 Å². The number of nitrogens with one attached hydrogen (secondary N) is 1. The minimum atomic E-state index is 0.576. The van der Waals surface area contributed by atoms with Gasteiger partial charge in [-0.2, -0.15) is 0 Å². The van der Waals surface area contributed by atoms with Gasteiger partial charge in [0, 0.05) is 5.54 Å². The Morgan fingerprint density at radius 3 is 2.72 bits per heavy atom. The zero-order valence-corrected chi connectivity index (χ0v) is 11.8. The fourth-order valence-corrected chi connectivity index (χ4v) is 3.54. The molecule has 1 unspecified atom stereocenters. The highest BCUT2D eigenvalue weighted by Crippen LogP contribution is 2.43. The topological polar surface area (TPSA) is 12.0 Å². The average molecular weight is 243 g/mol. The minimum absolute atomic E-state index is 0.576. The second kappa shape index (κ2) is 4.70. The highest BCUT2D eigenvalue weighted by Gasteiger charge is 2.42. The largest absolute Gasteiger partial charge is 0.311 e. The molecule has 98 valence electrons. The molecule has 1 aromatic rings. The molecule has 1 saturated heterocycles. The molecule has 1 spiro atoms. The molecule has 1 nitrogen and oxygen atoms in total. The van der Waals surface area contributed by atoms with E-state index in [2.05, 4.69) is 37.4 Å². The third kappa shape index (κ3) is 2.33. The standard InChI is InChI=1S/C17H25N/c1-13-5-3-7-16(14(13)2)15-6-4-9-17(10-11-17)18-12-8-15/h3,5,7,15,18H,4,6,8-12H2,1-2H3. The SMILES string of the molecule is Cc1cccc(C2CCCC3(CC3)NCC2)c1C. The Labute approximate surface area is 111 Å². The van der Waals surface area contributed by atoms with Crippen LogP contribution in [0.4, 0.5) is 0 Å². The van der Waals surface area contributed by atoms with Gasteiger partial charge in [-0.1, -0.05) is 24.6 Å². The van der Waals surface area contributed by atoms with E-state index in [1.54, 1.807) is 5.56 Å². The molecule has 3 rings (SSSR count). The predicted octanol–water partition coefficient (Wildman–Crippen LogP) is 4.08. The van der Waals surface area contributed by atoms with Crippen LogP contribution in [0, 0.1) is 13.8 Å². The van der Waals surface area contributed by atoms with Gasteiger partial charge >= 0.3 is 0 Å². The van der Waals surface area contributed by atoms with Gasteiger partial charge in [-0.15, -0.1) is 0 Å². The maximum atomic E-state index is 3.81. The van der Waals surface area contributed by atoms with Gasteiger partial charge in [0.05, 0.1) is 0 Å². The van der Waals surface area contributed by atoms with Crippen molar-refractivity contribution in [1.82, 2.24) is 5.32 Å². The smallest absolute Gasteiger partial charge is 0.0182 e. The molecule has 0 bridgehead atoms. The van der Waals surface area contributed by atoms with Crippen LogP contribution >= 0.6 is 0 Å². The summed E-state index contributed by atoms with van der Waals surface area (Å²) in [6.07, 6.45) is 8.32. The molecule has 1 N–H and O–H groups in total. The molecule has 0 amide bonds. The normalized spacial score (nSPS) is 26.7. The molecule has 1 heteroatoms. The molecule has 1 heterocycles. The van der Waals surface area contributed by atoms with Crippen LogP contribution in [0.3, 0.4) is 0 Å². The molecule has 1 aliphatic heterocycles. The van der Waals surface area contributed by atoms with Crippen molar-refractivity contribution < 1.29 is 0 Å². The first-order chi connectivity index (χ1) is 8.70. The van der Waals surface area contributed by atoms with Crippen LogP contribution < -0.4 is 5.32 Å². The summed E-state index contributed by atoms with van der Waals surface area (Å²) in [5.74, 6) is 0.772. The zero-order valence-electron chi connectivity index (χ0n) is 11.8. The highest BCUT2D eigenvalue weighted by atomic mass is 15.0. The summed E-state index contributed by atoms with van der Waals surface area (Å²) in [4.78, 5) is 0. The molecule has 0 radical (unpaired) electrons. The van der Waals surface area contributed by atoms with E-state index < -0.39 is 0 Å². The summed E-state index contributed by atoms with van der Waals surface area (Å²) >= 11 is 0. The quantitative estimate of drug-likeness (QED) is 0.783. The summed E-state index contributed by atoms with van der Waals surface area (Å²) in [5.41, 5.74) is 5.14. The van der Waals surface area contributed by atoms with Crippen LogP contribution in [0.25, 0.3) is 0 Å². The lowest BCUT2D eigenvalue weighted by Gasteiger charge is -2.27. The van der Waals surface area contributed by atoms with Gasteiger partial charge in [-0.3, -0.25) is 0 Å². The van der Waals surface area contributed by atoms with Crippen molar-refractivity contribution in [2.24, 2.45) is 0 Å². The summed E-state index contributed by atoms with van der Waals surface area (Å²) in [6, 6.07) is 6.81. The van der Waals surface area contributed by atoms with E-state index in [9.17, 15) is 0 Å². The van der Waals surface area contributed by atoms with E-state index in [1.807, 2.05) is 0 Å². The van der Waals surface area contributed by atoms with Crippen LogP contribution in [-0.4, -0.2) is 12.1 Å². The lowest BCUT2D eigenvalue weighted by atomic mass is 9.84. The second-order valence-corrected chi connectivity index (χ2v) is 6.37. The Kier molecular flexibility index (Phi) is 3.19. The van der Waals surface area contributed by atoms with Gasteiger partial charge < -0.3 is 5.32 Å². The number of benzene rings is 1. The molecule has 1 atom stereocenters. The number of aryl methyl sites for hydroxylation is 1. The molecule has 18 heavy (non-hydrogen) atoms. The molecule has 2 fully saturated rings. The summed E-state index contributed by atoms with van der Waals surface area (Å²) in [5, 5.41) is 3.81. The van der Waals surface area contributed by atoms with E-state index in [1.165, 1.54) is 56.2 Å². The van der Waals surface area contributed by atoms with E-state index >= 15 is 0 Å². The molecular formula is C17H25N. The van der Waals surface area contributed by atoms with Crippen LogP contribution in [0.2, 0.25) is 0 Å². The maximum absolute atomic E-state index is 3.81. The Bertz CT molecular complexity index is 419. The van der Waals surface area contributed by atoms with Gasteiger partial charge in [0.2, 0.25) is 0 Å². The fraction of sp³-hybridized carbons (Fsp3) is 0.647. The first-order valence-electron chi connectivity index (χ1n) is 7.51. The number of hydrogen-bond donors (Lipinski definition) is 1. The molecule has 2 aliphatic rings. The first kappa shape index (κ1) is 12.2. The third-order valence-electron chi connectivity index (χ3n) is 5.14. The Balaban J connectivity index is 1.73. The lowest BCUT2D eigenvalue weighted by molar-refractivity contribution is 0.378. The zero-order chi connectivity index (χ0) is 12.6. The number of rotatable bonds is 1. The number of hydrogen-bond acceptors (Lipinski definition) is 1. The Morgan fingerprint density at radius 2 is 1.94 bits per heavy atom. The van der Waals surface area contributed by atoms with Gasteiger partial charge in [0.15, 0.2) is 0 Å². The van der Waals surface area contributed by atoms with Gasteiger partial charge in [0.1, 0.15) is 0 Å². The van der Waals surface area contributed by atoms with Crippen molar-refractivity contribution in [3.8, 4) is 0 Å². The van der Waals surface area contributed by atoms with Gasteiger partial charge in [-0.25, -0.2) is 0 Å². The van der Waals surface area contributed by atoms with Crippen molar-refractivity contribution >= 4 is 0 Å². The monoisotopic (exact) mass is 243 g/mol. The molecule has 0 aromatic heterocycles. The third-order valence-corrected chi connectivity index (χ3v) is 5.14. The predicted molar refractivity (Wildman–Crippen MR) is 77.1 cm³/mol. The maximum Gasteiger partial charge on any atom is 0.0182 e. The van der Waals surface area contributed by atoms with Crippen molar-refractivity contribution in [3.63, 3.8) is 0 Å². The van der Waals surface area contributed by atoms with Crippen LogP contribution in [-0.2, 0) is 0 Å². The summed E-state index contributed by atoms with van der Waals surface area (Å²) in [7, 11) is 0. The molecule has 1 aliphatic carbocycles. The van der Waals surface area contributed by atoms with Crippen LogP contribution in [0.15, 0.2) is 18.2 Å². The van der Waals surface area contributed by atoms with Gasteiger partial charge in [-0.05, 0) is 75.1 Å². The second-order valence-electron chi connectivity index (χ2n) is 6.37. The average Bonchev–Trinajstić information content (AvgIpc) is 3.09. The lowest BCUT2D eigenvalue weighted by Crippen LogP contribution is -2.34. The van der Waals surface area contributed by atoms with E-state index in [-0.39, 0.29) is 0 Å². The van der Waals surface area contributed by atoms with E-state index in [0.717, 1.165) is 5.92 Å². The first-order valence-corrected chi connectivity index (χ1v) is 7.51. The molecule has 1 aromatic carbocycles. The van der Waals surface area contributed by atoms with Crippen LogP contribution in [0.1, 0.15) is 61.1 Å². The van der Waals surface area contributed by atoms with E-state index in [4.69, 9.17) is 0 Å². The fourth-order valence-electron chi connectivity index (χ4n) is 3.54. The molecule has 1 saturated carbocycles. The molecular weight excluding hydrogens is 218 g/mol. The van der Waals surface area contributed by atoms with Crippen molar-refractivity contribution in [3.05, 3.63) is 34.9 Å². The van der Waals surface area contributed by atoms with Crippen molar-refractivity contribution in [1.29, 1.82) is 0 Å². The van der Waals surface area contributed by atoms with Crippen molar-refractivity contribution in [2.75, 3.05) is 6.54 Å². The van der Waals surface area contributed by atoms with Crippen LogP contribution in [0.5, 0.6) is 0 Å². The highest BCUT2D eigenvalue weighted by molar-refractivity contribution is 5.35. The summed E-state index contributed by atoms with van der Waals surface area (Å²) in [6.45, 7) is 5.73. The Hall–Kier alpha value is -0.820. The Morgan fingerprint density at radius 1 is 1.11 bits per heavy atom. The van der Waals surface area contributed by atoms with Gasteiger partial charge in [0.25, 0.3) is 0 Å². The minimum Gasteiger partial charge on any atom is -0.311 e. The summed E-state index contributed by atoms with van der Waals surface area (Å²) < 4.78 is 0.